The quantitative estimate of drug-likeness (QED) is 0.557. The van der Waals surface area contributed by atoms with E-state index in [-0.39, 0.29) is 12.5 Å². The van der Waals surface area contributed by atoms with Crippen LogP contribution in [0.3, 0.4) is 0 Å². The lowest BCUT2D eigenvalue weighted by molar-refractivity contribution is -0.119. The zero-order valence-electron chi connectivity index (χ0n) is 14.3. The number of halogens is 1. The normalized spacial score (nSPS) is 10.7. The van der Waals surface area contributed by atoms with E-state index in [2.05, 4.69) is 10.4 Å². The van der Waals surface area contributed by atoms with Crippen LogP contribution in [0, 0.1) is 0 Å². The number of aromatic nitrogens is 2. The zero-order chi connectivity index (χ0) is 18.6. The Hall–Kier alpha value is -3.31. The van der Waals surface area contributed by atoms with Crippen LogP contribution in [-0.2, 0) is 4.79 Å². The number of carbonyl (C=O) groups is 1. The van der Waals surface area contributed by atoms with Gasteiger partial charge in [0.1, 0.15) is 12.1 Å². The summed E-state index contributed by atoms with van der Waals surface area (Å²) in [6, 6.07) is 23.0. The van der Waals surface area contributed by atoms with Crippen LogP contribution < -0.4 is 10.2 Å². The fourth-order valence-corrected chi connectivity index (χ4v) is 3.02. The lowest BCUT2D eigenvalue weighted by Crippen LogP contribution is -2.27. The molecule has 3 aromatic carbocycles. The number of amides is 1. The molecule has 1 heterocycles. The molecular weight excluding hydrogens is 362 g/mol. The molecular formula is C21H16ClN3O2. The van der Waals surface area contributed by atoms with Gasteiger partial charge in [-0.15, -0.1) is 0 Å². The van der Waals surface area contributed by atoms with Crippen LogP contribution >= 0.6 is 11.6 Å². The Morgan fingerprint density at radius 1 is 1.00 bits per heavy atom. The first-order valence-electron chi connectivity index (χ1n) is 8.40. The number of nitrogens with one attached hydrogen (secondary N) is 1. The Morgan fingerprint density at radius 3 is 2.59 bits per heavy atom. The number of fused-ring (bicyclic) bond motifs is 1. The third-order valence-electron chi connectivity index (χ3n) is 4.10. The highest BCUT2D eigenvalue weighted by atomic mass is 35.5. The van der Waals surface area contributed by atoms with E-state index in [1.165, 1.54) is 0 Å². The number of benzene rings is 3. The predicted octanol–water partition coefficient (Wildman–Crippen LogP) is 4.51. The van der Waals surface area contributed by atoms with Gasteiger partial charge in [-0.05, 0) is 35.4 Å². The summed E-state index contributed by atoms with van der Waals surface area (Å²) < 4.78 is 7.14. The first-order chi connectivity index (χ1) is 13.2. The van der Waals surface area contributed by atoms with Gasteiger partial charge >= 0.3 is 0 Å². The van der Waals surface area contributed by atoms with Gasteiger partial charge in [0.05, 0.1) is 16.1 Å². The molecule has 0 radical (unpaired) electrons. The third kappa shape index (κ3) is 3.78. The van der Waals surface area contributed by atoms with Gasteiger partial charge in [-0.1, -0.05) is 60.1 Å². The molecule has 27 heavy (non-hydrogen) atoms. The molecule has 1 amide bonds. The molecule has 0 aliphatic rings. The molecule has 134 valence electrons. The van der Waals surface area contributed by atoms with Gasteiger partial charge in [-0.2, -0.15) is 0 Å². The predicted molar refractivity (Wildman–Crippen MR) is 106 cm³/mol. The van der Waals surface area contributed by atoms with Crippen LogP contribution in [0.25, 0.3) is 22.2 Å². The molecule has 5 nitrogen and oxygen atoms in total. The molecule has 0 bridgehead atoms. The average Bonchev–Trinajstić information content (AvgIpc) is 3.10. The lowest BCUT2D eigenvalue weighted by atomic mass is 10.1. The molecule has 0 atom stereocenters. The molecule has 0 saturated carbocycles. The molecule has 4 aromatic rings. The van der Waals surface area contributed by atoms with Crippen LogP contribution in [0.1, 0.15) is 0 Å². The molecule has 6 heteroatoms. The summed E-state index contributed by atoms with van der Waals surface area (Å²) in [4.78, 5) is 16.4. The molecule has 0 fully saturated rings. The Bertz CT molecular complexity index is 1090. The number of hydrogen-bond donors (Lipinski definition) is 1. The standard InChI is InChI=1S/C21H16ClN3O2/c22-17-12-16(15-6-2-1-3-7-15)10-11-20(17)27-13-21(26)24-25-14-23-18-8-4-5-9-19(18)25/h1-12,14H,13H2,(H,24,26). The number of rotatable bonds is 5. The van der Waals surface area contributed by atoms with Gasteiger partial charge in [-0.25, -0.2) is 9.66 Å². The SMILES string of the molecule is O=C(COc1ccc(-c2ccccc2)cc1Cl)Nn1cnc2ccccc21. The summed E-state index contributed by atoms with van der Waals surface area (Å²) >= 11 is 6.31. The number of hydrogen-bond acceptors (Lipinski definition) is 3. The highest BCUT2D eigenvalue weighted by Gasteiger charge is 2.09. The van der Waals surface area contributed by atoms with Crippen molar-refractivity contribution in [1.29, 1.82) is 0 Å². The third-order valence-corrected chi connectivity index (χ3v) is 4.39. The summed E-state index contributed by atoms with van der Waals surface area (Å²) in [6.07, 6.45) is 1.56. The summed E-state index contributed by atoms with van der Waals surface area (Å²) in [6.45, 7) is -0.156. The zero-order valence-corrected chi connectivity index (χ0v) is 15.1. The van der Waals surface area contributed by atoms with E-state index in [0.29, 0.717) is 10.8 Å². The van der Waals surface area contributed by atoms with E-state index in [9.17, 15) is 4.79 Å². The van der Waals surface area contributed by atoms with E-state index >= 15 is 0 Å². The minimum absolute atomic E-state index is 0.156. The molecule has 0 saturated heterocycles. The summed E-state index contributed by atoms with van der Waals surface area (Å²) in [5, 5.41) is 0.456. The summed E-state index contributed by atoms with van der Waals surface area (Å²) in [5.41, 5.74) is 6.41. The van der Waals surface area contributed by atoms with E-state index in [0.717, 1.165) is 22.2 Å². The second-order valence-electron chi connectivity index (χ2n) is 5.94. The van der Waals surface area contributed by atoms with Crippen molar-refractivity contribution in [3.8, 4) is 16.9 Å². The summed E-state index contributed by atoms with van der Waals surface area (Å²) in [7, 11) is 0. The van der Waals surface area contributed by atoms with Crippen molar-refractivity contribution < 1.29 is 9.53 Å². The number of carbonyl (C=O) groups excluding carboxylic acids is 1. The largest absolute Gasteiger partial charge is 0.482 e. The minimum Gasteiger partial charge on any atom is -0.482 e. The Labute approximate surface area is 161 Å². The van der Waals surface area contributed by atoms with Crippen LogP contribution in [0.15, 0.2) is 79.1 Å². The van der Waals surface area contributed by atoms with Crippen molar-refractivity contribution >= 4 is 28.5 Å². The first-order valence-corrected chi connectivity index (χ1v) is 8.78. The Morgan fingerprint density at radius 2 is 1.78 bits per heavy atom. The first kappa shape index (κ1) is 17.1. The smallest absolute Gasteiger partial charge is 0.276 e. The van der Waals surface area contributed by atoms with Gasteiger partial charge in [-0.3, -0.25) is 10.2 Å². The van der Waals surface area contributed by atoms with Gasteiger partial charge in [0.2, 0.25) is 0 Å². The molecule has 0 unspecified atom stereocenters. The van der Waals surface area contributed by atoms with Gasteiger partial charge in [0.25, 0.3) is 5.91 Å². The maximum absolute atomic E-state index is 12.2. The molecule has 0 aliphatic carbocycles. The molecule has 0 spiro atoms. The topological polar surface area (TPSA) is 56.1 Å². The lowest BCUT2D eigenvalue weighted by Gasteiger charge is -2.11. The number of ether oxygens (including phenoxy) is 1. The van der Waals surface area contributed by atoms with Gasteiger partial charge in [0, 0.05) is 0 Å². The van der Waals surface area contributed by atoms with E-state index in [4.69, 9.17) is 16.3 Å². The van der Waals surface area contributed by atoms with Gasteiger partial charge < -0.3 is 4.74 Å². The second kappa shape index (κ2) is 7.51. The second-order valence-corrected chi connectivity index (χ2v) is 6.35. The molecule has 1 N–H and O–H groups in total. The van der Waals surface area contributed by atoms with E-state index < -0.39 is 0 Å². The number of imidazole rings is 1. The van der Waals surface area contributed by atoms with Crippen molar-refractivity contribution in [1.82, 2.24) is 9.66 Å². The highest BCUT2D eigenvalue weighted by molar-refractivity contribution is 6.32. The Kier molecular flexibility index (Phi) is 4.77. The van der Waals surface area contributed by atoms with Crippen molar-refractivity contribution in [2.24, 2.45) is 0 Å². The van der Waals surface area contributed by atoms with E-state index in [1.807, 2.05) is 66.7 Å². The van der Waals surface area contributed by atoms with Crippen LogP contribution in [0.5, 0.6) is 5.75 Å². The molecule has 1 aromatic heterocycles. The average molecular weight is 378 g/mol. The molecule has 0 aliphatic heterocycles. The van der Waals surface area contributed by atoms with E-state index in [1.54, 1.807) is 17.1 Å². The van der Waals surface area contributed by atoms with Crippen molar-refractivity contribution in [3.63, 3.8) is 0 Å². The molecule has 4 rings (SSSR count). The van der Waals surface area contributed by atoms with Crippen LogP contribution in [0.4, 0.5) is 0 Å². The Balaban J connectivity index is 1.42. The number of para-hydroxylation sites is 2. The monoisotopic (exact) mass is 377 g/mol. The van der Waals surface area contributed by atoms with Crippen molar-refractivity contribution in [3.05, 3.63) is 84.1 Å². The van der Waals surface area contributed by atoms with Gasteiger partial charge in [0.15, 0.2) is 6.61 Å². The van der Waals surface area contributed by atoms with Crippen molar-refractivity contribution in [2.75, 3.05) is 12.0 Å². The highest BCUT2D eigenvalue weighted by Crippen LogP contribution is 2.30. The van der Waals surface area contributed by atoms with Crippen LogP contribution in [0.2, 0.25) is 5.02 Å². The number of nitrogens with zero attached hydrogens (tertiary/aromatic N) is 2. The minimum atomic E-state index is -0.304. The van der Waals surface area contributed by atoms with Crippen LogP contribution in [-0.4, -0.2) is 22.2 Å². The maximum Gasteiger partial charge on any atom is 0.276 e. The van der Waals surface area contributed by atoms with Crippen molar-refractivity contribution in [2.45, 2.75) is 0 Å². The summed E-state index contributed by atoms with van der Waals surface area (Å²) in [5.74, 6) is 0.156. The maximum atomic E-state index is 12.2. The fourth-order valence-electron chi connectivity index (χ4n) is 2.79. The fraction of sp³-hybridized carbons (Fsp3) is 0.0476.